The standard InChI is InChI=1S/C15H8O6Se/c16-6-2-1-5(3-7(6)17)13-15-12(20)10-9(21-13)4-8(18)14(22-15)11(10)19/h1-4,16-17,19-20H. The van der Waals surface area contributed by atoms with E-state index < -0.39 is 15.0 Å². The molecule has 0 fully saturated rings. The average Bonchev–Trinajstić information content (AvgIpc) is 2.45. The van der Waals surface area contributed by atoms with Crippen LogP contribution in [0.5, 0.6) is 23.0 Å². The molecule has 1 aromatic rings. The number of rotatable bonds is 1. The predicted molar refractivity (Wildman–Crippen MR) is 78.7 cm³/mol. The molecule has 2 aliphatic heterocycles. The molecule has 0 amide bonds. The SMILES string of the molecule is O=c1cc2oc(-c3ccc(O)c(O)c3)c3c(O)c-2c(O)c1[Se]3. The third kappa shape index (κ3) is 1.57. The van der Waals surface area contributed by atoms with Crippen LogP contribution in [0.3, 0.4) is 0 Å². The average molecular weight is 363 g/mol. The molecule has 0 radical (unpaired) electrons. The van der Waals surface area contributed by atoms with Gasteiger partial charge in [0.2, 0.25) is 0 Å². The summed E-state index contributed by atoms with van der Waals surface area (Å²) in [5.41, 5.74) is 0.261. The summed E-state index contributed by atoms with van der Waals surface area (Å²) in [7, 11) is 0. The Balaban J connectivity index is 2.09. The first-order valence-electron chi connectivity index (χ1n) is 6.23. The van der Waals surface area contributed by atoms with Crippen LogP contribution in [-0.2, 0) is 0 Å². The number of fused-ring (bicyclic) bond motifs is 2. The Kier molecular flexibility index (Phi) is 2.49. The molecule has 110 valence electrons. The Morgan fingerprint density at radius 1 is 0.909 bits per heavy atom. The molecule has 0 saturated heterocycles. The maximum absolute atomic E-state index is 11.9. The molecule has 22 heavy (non-hydrogen) atoms. The van der Waals surface area contributed by atoms with Gasteiger partial charge in [-0.15, -0.1) is 0 Å². The third-order valence-electron chi connectivity index (χ3n) is 3.50. The van der Waals surface area contributed by atoms with E-state index in [-0.39, 0.29) is 44.2 Å². The van der Waals surface area contributed by atoms with Crippen molar-refractivity contribution in [2.75, 3.05) is 0 Å². The van der Waals surface area contributed by atoms with Gasteiger partial charge in [0.25, 0.3) is 0 Å². The zero-order chi connectivity index (χ0) is 15.6. The Bertz CT molecular complexity index is 975. The van der Waals surface area contributed by atoms with Crippen LogP contribution in [0.2, 0.25) is 0 Å². The van der Waals surface area contributed by atoms with Crippen molar-refractivity contribution in [1.29, 1.82) is 0 Å². The van der Waals surface area contributed by atoms with Gasteiger partial charge < -0.3 is 0 Å². The molecule has 4 rings (SSSR count). The second-order valence-corrected chi connectivity index (χ2v) is 6.98. The van der Waals surface area contributed by atoms with E-state index in [4.69, 9.17) is 4.42 Å². The summed E-state index contributed by atoms with van der Waals surface area (Å²) in [4.78, 5) is 11.9. The van der Waals surface area contributed by atoms with Crippen LogP contribution >= 0.6 is 0 Å². The van der Waals surface area contributed by atoms with Crippen molar-refractivity contribution < 1.29 is 24.8 Å². The van der Waals surface area contributed by atoms with Crippen molar-refractivity contribution in [3.8, 4) is 45.6 Å². The Morgan fingerprint density at radius 3 is 2.36 bits per heavy atom. The van der Waals surface area contributed by atoms with Crippen LogP contribution in [0, 0.1) is 0 Å². The molecule has 1 aromatic carbocycles. The van der Waals surface area contributed by atoms with E-state index in [9.17, 15) is 25.2 Å². The number of hydrogen-bond acceptors (Lipinski definition) is 6. The van der Waals surface area contributed by atoms with E-state index in [1.54, 1.807) is 0 Å². The van der Waals surface area contributed by atoms with Gasteiger partial charge in [0.1, 0.15) is 0 Å². The van der Waals surface area contributed by atoms with Crippen LogP contribution in [-0.4, -0.2) is 35.4 Å². The molecule has 0 saturated carbocycles. The first-order valence-corrected chi connectivity index (χ1v) is 7.94. The van der Waals surface area contributed by atoms with Crippen molar-refractivity contribution >= 4 is 23.9 Å². The van der Waals surface area contributed by atoms with Gasteiger partial charge in [0.05, 0.1) is 0 Å². The van der Waals surface area contributed by atoms with Crippen molar-refractivity contribution in [2.24, 2.45) is 0 Å². The van der Waals surface area contributed by atoms with Gasteiger partial charge in [-0.25, -0.2) is 0 Å². The number of hydrogen-bond donors (Lipinski definition) is 4. The molecule has 6 nitrogen and oxygen atoms in total. The Labute approximate surface area is 129 Å². The molecule has 0 unspecified atom stereocenters. The first kappa shape index (κ1) is 13.1. The van der Waals surface area contributed by atoms with Crippen molar-refractivity contribution in [3.63, 3.8) is 0 Å². The molecule has 3 aliphatic rings. The van der Waals surface area contributed by atoms with Gasteiger partial charge >= 0.3 is 129 Å². The van der Waals surface area contributed by atoms with Crippen molar-refractivity contribution in [3.05, 3.63) is 34.5 Å². The van der Waals surface area contributed by atoms with E-state index >= 15 is 0 Å². The van der Waals surface area contributed by atoms with Gasteiger partial charge in [0.15, 0.2) is 0 Å². The summed E-state index contributed by atoms with van der Waals surface area (Å²) in [6.07, 6.45) is 0. The summed E-state index contributed by atoms with van der Waals surface area (Å²) in [6.45, 7) is 0. The van der Waals surface area contributed by atoms with E-state index in [1.807, 2.05) is 0 Å². The van der Waals surface area contributed by atoms with Crippen molar-refractivity contribution in [1.82, 2.24) is 0 Å². The van der Waals surface area contributed by atoms with Gasteiger partial charge in [-0.05, 0) is 0 Å². The quantitative estimate of drug-likeness (QED) is 0.284. The Hall–Kier alpha value is -2.63. The second-order valence-electron chi connectivity index (χ2n) is 4.84. The molecule has 0 atom stereocenters. The fourth-order valence-corrected chi connectivity index (χ4v) is 4.57. The fraction of sp³-hybridized carbons (Fsp3) is 0. The Morgan fingerprint density at radius 2 is 1.64 bits per heavy atom. The first-order chi connectivity index (χ1) is 10.5. The zero-order valence-electron chi connectivity index (χ0n) is 10.8. The van der Waals surface area contributed by atoms with E-state index in [0.717, 1.165) is 0 Å². The van der Waals surface area contributed by atoms with Crippen LogP contribution < -0.4 is 14.4 Å². The van der Waals surface area contributed by atoms with Gasteiger partial charge in [0, 0.05) is 0 Å². The molecule has 3 bridgehead atoms. The summed E-state index contributed by atoms with van der Waals surface area (Å²) >= 11 is -0.625. The molecule has 0 spiro atoms. The summed E-state index contributed by atoms with van der Waals surface area (Å²) < 4.78 is 6.35. The monoisotopic (exact) mass is 364 g/mol. The summed E-state index contributed by atoms with van der Waals surface area (Å²) in [6, 6.07) is 5.39. The second kappa shape index (κ2) is 4.19. The number of aromatic hydroxyl groups is 4. The van der Waals surface area contributed by atoms with Crippen LogP contribution in [0.25, 0.3) is 22.6 Å². The van der Waals surface area contributed by atoms with Crippen LogP contribution in [0.1, 0.15) is 0 Å². The normalized spacial score (nSPS) is 12.4. The van der Waals surface area contributed by atoms with E-state index in [2.05, 4.69) is 0 Å². The topological polar surface area (TPSA) is 111 Å². The van der Waals surface area contributed by atoms with Gasteiger partial charge in [-0.2, -0.15) is 0 Å². The number of phenolic OH excluding ortho intramolecular Hbond substituents is 3. The van der Waals surface area contributed by atoms with Gasteiger partial charge in [-0.3, -0.25) is 0 Å². The fourth-order valence-electron chi connectivity index (χ4n) is 2.44. The summed E-state index contributed by atoms with van der Waals surface area (Å²) in [5.74, 6) is -0.545. The van der Waals surface area contributed by atoms with E-state index in [0.29, 0.717) is 15.8 Å². The summed E-state index contributed by atoms with van der Waals surface area (Å²) in [5, 5.41) is 39.4. The van der Waals surface area contributed by atoms with Crippen molar-refractivity contribution in [2.45, 2.75) is 0 Å². The van der Waals surface area contributed by atoms with Crippen LogP contribution in [0.15, 0.2) is 33.5 Å². The number of phenols is 3. The minimum absolute atomic E-state index is 0.0746. The molecule has 4 N–H and O–H groups in total. The third-order valence-corrected chi connectivity index (χ3v) is 5.98. The molecular weight excluding hydrogens is 355 g/mol. The minimum atomic E-state index is -0.625. The van der Waals surface area contributed by atoms with E-state index in [1.165, 1.54) is 24.3 Å². The number of benzene rings is 2. The molecule has 7 heteroatoms. The zero-order valence-corrected chi connectivity index (χ0v) is 12.5. The molecule has 0 aromatic heterocycles. The van der Waals surface area contributed by atoms with Gasteiger partial charge in [-0.1, -0.05) is 0 Å². The predicted octanol–water partition coefficient (Wildman–Crippen LogP) is 0.202. The molecule has 1 aliphatic carbocycles. The molecule has 2 heterocycles. The maximum atomic E-state index is 11.9. The molecular formula is C15H8O6Se. The van der Waals surface area contributed by atoms with Crippen LogP contribution in [0.4, 0.5) is 0 Å².